The van der Waals surface area contributed by atoms with Gasteiger partial charge in [0.15, 0.2) is 0 Å². The Balaban J connectivity index is 1.07. The summed E-state index contributed by atoms with van der Waals surface area (Å²) in [5.41, 5.74) is 5.80. The van der Waals surface area contributed by atoms with Crippen LogP contribution < -0.4 is 14.1 Å². The van der Waals surface area contributed by atoms with E-state index in [1.165, 1.54) is 0 Å². The summed E-state index contributed by atoms with van der Waals surface area (Å²) in [6.07, 6.45) is 0. The molecule has 0 spiro atoms. The van der Waals surface area contributed by atoms with Crippen LogP contribution in [0, 0.1) is 39.5 Å². The van der Waals surface area contributed by atoms with Gasteiger partial charge < -0.3 is 0 Å². The maximum atomic E-state index is 13.5. The van der Waals surface area contributed by atoms with Gasteiger partial charge in [-0.1, -0.05) is 0 Å². The zero-order chi connectivity index (χ0) is 40.2. The molecule has 0 unspecified atom stereocenters. The van der Waals surface area contributed by atoms with E-state index in [2.05, 4.69) is 28.4 Å². The third kappa shape index (κ3) is 8.91. The number of rotatable bonds is 11. The Morgan fingerprint density at radius 2 is 0.759 bits per heavy atom. The number of para-hydroxylation sites is 4. The van der Waals surface area contributed by atoms with Gasteiger partial charge in [-0.25, -0.2) is 0 Å². The zero-order valence-corrected chi connectivity index (χ0v) is 36.9. The summed E-state index contributed by atoms with van der Waals surface area (Å²) in [4.78, 5) is 32.3. The van der Waals surface area contributed by atoms with Crippen molar-refractivity contribution in [1.82, 2.24) is 19.9 Å². The molecule has 13 heteroatoms. The topological polar surface area (TPSA) is 124 Å². The molecule has 0 aliphatic heterocycles. The Morgan fingerprint density at radius 3 is 1.09 bits per heavy atom. The molecule has 0 fully saturated rings. The molecule has 4 aromatic carbocycles. The number of nitrogens with zero attached hydrogens (tertiary/aromatic N) is 4. The van der Waals surface area contributed by atoms with Crippen LogP contribution in [0.4, 0.5) is 0 Å². The first kappa shape index (κ1) is 38.4. The second-order valence-corrected chi connectivity index (χ2v) is 18.8. The first-order chi connectivity index (χ1) is 28.1. The van der Waals surface area contributed by atoms with E-state index in [1.807, 2.05) is 137 Å². The average Bonchev–Trinajstić information content (AvgIpc) is 3.21. The standard InChI is InChI=1S/4C10H9NO.C5H4O3.2Ga/c4*1-7-5-6-8-3-2-4-9(12)10(8)11-7;1-4(6)2-3-5(7)8;;/h4*2-6,12H,1H3;6H,1H2,(H,7,8);;/q;;;;;2*+3/p-6. The predicted octanol–water partition coefficient (Wildman–Crippen LogP) is 8.78. The van der Waals surface area contributed by atoms with Gasteiger partial charge in [0.2, 0.25) is 0 Å². The van der Waals surface area contributed by atoms with Crippen LogP contribution in [0.3, 0.4) is 0 Å². The molecule has 8 rings (SSSR count). The van der Waals surface area contributed by atoms with Crippen molar-refractivity contribution < 1.29 is 26.0 Å². The molecule has 11 nitrogen and oxygen atoms in total. The van der Waals surface area contributed by atoms with Crippen LogP contribution in [0.2, 0.25) is 0 Å². The summed E-state index contributed by atoms with van der Waals surface area (Å²) in [7, 11) is 0. The van der Waals surface area contributed by atoms with E-state index < -0.39 is 40.6 Å². The summed E-state index contributed by atoms with van der Waals surface area (Å²) in [6.45, 7) is 11.6. The summed E-state index contributed by atoms with van der Waals surface area (Å²) in [5.74, 6) is 6.06. The third-order valence-electron chi connectivity index (χ3n) is 8.93. The fourth-order valence-electron chi connectivity index (χ4n) is 6.19. The molecule has 0 aliphatic rings. The molecule has 4 heterocycles. The van der Waals surface area contributed by atoms with E-state index in [4.69, 9.17) is 31.1 Å². The van der Waals surface area contributed by atoms with Gasteiger partial charge in [-0.3, -0.25) is 0 Å². The monoisotopic (exact) mass is 880 g/mol. The number of benzene rings is 4. The first-order valence-electron chi connectivity index (χ1n) is 18.4. The molecule has 0 bridgehead atoms. The molecule has 0 amide bonds. The number of hydrogen-bond acceptors (Lipinski definition) is 11. The van der Waals surface area contributed by atoms with E-state index in [9.17, 15) is 4.79 Å². The minimum atomic E-state index is -4.02. The normalized spacial score (nSPS) is 10.8. The first-order valence-corrected chi connectivity index (χ1v) is 24.3. The van der Waals surface area contributed by atoms with Gasteiger partial charge in [0.25, 0.3) is 0 Å². The number of allylic oxidation sites excluding steroid dienone is 1. The SMILES string of the molecule is C=C(C#CC(=O)[O][Ga]([O]c1cccc2ccc(C)nc12)[O]c1cccc2ccc(C)nc12)[O][Ga]([O]c1cccc2ccc(C)nc12)[O]c1cccc2ccc(C)nc12. The Bertz CT molecular complexity index is 2580. The molecule has 0 radical (unpaired) electrons. The van der Waals surface area contributed by atoms with Crippen molar-refractivity contribution in [1.29, 1.82) is 0 Å². The van der Waals surface area contributed by atoms with E-state index in [1.54, 1.807) is 12.1 Å². The van der Waals surface area contributed by atoms with Crippen molar-refractivity contribution in [2.45, 2.75) is 27.7 Å². The van der Waals surface area contributed by atoms with Crippen LogP contribution in [0.1, 0.15) is 22.8 Å². The maximum absolute atomic E-state index is 13.5. The van der Waals surface area contributed by atoms with Crippen molar-refractivity contribution in [3.05, 3.63) is 156 Å². The Hall–Kier alpha value is -6.44. The molecular formula is C45H34Ga2N4O7. The van der Waals surface area contributed by atoms with Crippen LogP contribution in [0.15, 0.2) is 134 Å². The van der Waals surface area contributed by atoms with E-state index in [-0.39, 0.29) is 5.76 Å². The average molecular weight is 882 g/mol. The second kappa shape index (κ2) is 17.0. The van der Waals surface area contributed by atoms with E-state index in [0.29, 0.717) is 45.1 Å². The van der Waals surface area contributed by atoms with Gasteiger partial charge in [-0.2, -0.15) is 0 Å². The number of hydrogen-bond donors (Lipinski definition) is 0. The molecule has 282 valence electrons. The Kier molecular flexibility index (Phi) is 11.2. The summed E-state index contributed by atoms with van der Waals surface area (Å²) in [6, 6.07) is 37.9. The van der Waals surface area contributed by atoms with Crippen LogP contribution in [0.25, 0.3) is 43.6 Å². The number of carbonyl (C=O) groups is 1. The number of fused-ring (bicyclic) bond motifs is 4. The summed E-state index contributed by atoms with van der Waals surface area (Å²) >= 11 is -7.87. The Morgan fingerprint density at radius 1 is 0.448 bits per heavy atom. The molecular weight excluding hydrogens is 848 g/mol. The molecule has 8 aromatic rings. The van der Waals surface area contributed by atoms with Crippen LogP contribution in [-0.4, -0.2) is 60.5 Å². The third-order valence-corrected chi connectivity index (χ3v) is 14.5. The van der Waals surface area contributed by atoms with Gasteiger partial charge in [-0.15, -0.1) is 0 Å². The number of pyridine rings is 4. The van der Waals surface area contributed by atoms with Gasteiger partial charge in [0.05, 0.1) is 0 Å². The van der Waals surface area contributed by atoms with Crippen molar-refractivity contribution in [2.75, 3.05) is 0 Å². The molecule has 0 aliphatic carbocycles. The van der Waals surface area contributed by atoms with Gasteiger partial charge in [-0.05, 0) is 0 Å². The molecule has 0 saturated carbocycles. The van der Waals surface area contributed by atoms with Crippen LogP contribution in [-0.2, 0) is 11.9 Å². The van der Waals surface area contributed by atoms with Gasteiger partial charge in [0, 0.05) is 0 Å². The van der Waals surface area contributed by atoms with Crippen LogP contribution in [0.5, 0.6) is 23.0 Å². The van der Waals surface area contributed by atoms with Crippen molar-refractivity contribution in [2.24, 2.45) is 0 Å². The zero-order valence-electron chi connectivity index (χ0n) is 32.1. The fraction of sp³-hybridized carbons (Fsp3) is 0.0889. The van der Waals surface area contributed by atoms with Crippen molar-refractivity contribution in [3.63, 3.8) is 0 Å². The molecule has 0 saturated heterocycles. The number of aromatic nitrogens is 4. The van der Waals surface area contributed by atoms with Gasteiger partial charge >= 0.3 is 349 Å². The second-order valence-electron chi connectivity index (χ2n) is 13.4. The van der Waals surface area contributed by atoms with Crippen molar-refractivity contribution in [3.8, 4) is 34.8 Å². The van der Waals surface area contributed by atoms with Crippen molar-refractivity contribution >= 4 is 84.2 Å². The Labute approximate surface area is 347 Å². The summed E-state index contributed by atoms with van der Waals surface area (Å²) < 4.78 is 37.9. The minimum absolute atomic E-state index is 0.0518. The molecule has 4 aromatic heterocycles. The van der Waals surface area contributed by atoms with E-state index in [0.717, 1.165) is 44.3 Å². The molecule has 0 atom stereocenters. The molecule has 58 heavy (non-hydrogen) atoms. The van der Waals surface area contributed by atoms with Crippen LogP contribution >= 0.6 is 0 Å². The predicted molar refractivity (Wildman–Crippen MR) is 224 cm³/mol. The van der Waals surface area contributed by atoms with Gasteiger partial charge in [0.1, 0.15) is 0 Å². The molecule has 0 N–H and O–H groups in total. The fourth-order valence-corrected chi connectivity index (χ4v) is 11.2. The number of aryl methyl sites for hydroxylation is 4. The summed E-state index contributed by atoms with van der Waals surface area (Å²) in [5, 5.41) is 3.50. The quantitative estimate of drug-likeness (QED) is 0.0704. The number of carbonyl (C=O) groups excluding carboxylic acids is 1. The van der Waals surface area contributed by atoms with E-state index >= 15 is 0 Å².